The van der Waals surface area contributed by atoms with E-state index in [0.29, 0.717) is 5.75 Å². The zero-order valence-electron chi connectivity index (χ0n) is 15.2. The van der Waals surface area contributed by atoms with Gasteiger partial charge in [-0.2, -0.15) is 0 Å². The minimum absolute atomic E-state index is 0.0238. The molecule has 29 heavy (non-hydrogen) atoms. The van der Waals surface area contributed by atoms with Gasteiger partial charge in [-0.25, -0.2) is 9.59 Å². The number of pyridine rings is 1. The van der Waals surface area contributed by atoms with Gasteiger partial charge in [0.2, 0.25) is 0 Å². The predicted molar refractivity (Wildman–Crippen MR) is 106 cm³/mol. The van der Waals surface area contributed by atoms with E-state index in [1.807, 2.05) is 0 Å². The number of amides is 3. The van der Waals surface area contributed by atoms with Crippen molar-refractivity contribution in [2.45, 2.75) is 12.6 Å². The highest BCUT2D eigenvalue weighted by atomic mass is 35.5. The lowest BCUT2D eigenvalue weighted by molar-refractivity contribution is -0.139. The monoisotopic (exact) mass is 440 g/mol. The quantitative estimate of drug-likeness (QED) is 0.497. The molecule has 9 nitrogen and oxygen atoms in total. The summed E-state index contributed by atoms with van der Waals surface area (Å²) in [5.41, 5.74) is 0.726. The molecular formula is C18H18Cl2N4O5. The largest absolute Gasteiger partial charge is 0.497 e. The highest BCUT2D eigenvalue weighted by Gasteiger charge is 2.24. The molecule has 0 fully saturated rings. The molecule has 2 rings (SSSR count). The Hall–Kier alpha value is -3.04. The third-order valence-corrected chi connectivity index (χ3v) is 4.34. The van der Waals surface area contributed by atoms with Gasteiger partial charge in [-0.05, 0) is 17.7 Å². The smallest absolute Gasteiger partial charge is 0.328 e. The number of rotatable bonds is 8. The van der Waals surface area contributed by atoms with Crippen LogP contribution in [0.15, 0.2) is 36.7 Å². The third kappa shape index (κ3) is 6.51. The lowest BCUT2D eigenvalue weighted by Crippen LogP contribution is -2.50. The van der Waals surface area contributed by atoms with E-state index < -0.39 is 23.9 Å². The van der Waals surface area contributed by atoms with Gasteiger partial charge in [0.25, 0.3) is 5.91 Å². The lowest BCUT2D eigenvalue weighted by atomic mass is 10.2. The minimum atomic E-state index is -1.39. The van der Waals surface area contributed by atoms with Crippen molar-refractivity contribution in [2.24, 2.45) is 0 Å². The molecule has 1 atom stereocenters. The first-order valence-corrected chi connectivity index (χ1v) is 9.04. The standard InChI is InChI=1S/C18H18Cl2N4O5/c1-29-11-4-2-10(3-5-11)6-22-18(28)23-9-14(17(26)27)24-16(25)15-12(19)7-21-8-13(15)20/h2-5,7-8,14H,6,9H2,1H3,(H,24,25)(H,26,27)(H2,22,23,28)/t14-/m0/s1. The van der Waals surface area contributed by atoms with Crippen molar-refractivity contribution in [2.75, 3.05) is 13.7 Å². The van der Waals surface area contributed by atoms with Gasteiger partial charge in [0.1, 0.15) is 11.8 Å². The Labute approximate surface area is 176 Å². The zero-order valence-corrected chi connectivity index (χ0v) is 16.8. The molecule has 1 aromatic heterocycles. The Bertz CT molecular complexity index is 872. The van der Waals surface area contributed by atoms with E-state index in [9.17, 15) is 19.5 Å². The normalized spacial score (nSPS) is 11.3. The number of aliphatic carboxylic acids is 1. The Morgan fingerprint density at radius 3 is 2.28 bits per heavy atom. The SMILES string of the molecule is COc1ccc(CNC(=O)NC[C@H](NC(=O)c2c(Cl)cncc2Cl)C(=O)O)cc1. The molecule has 0 saturated heterocycles. The Balaban J connectivity index is 1.89. The number of urea groups is 1. The van der Waals surface area contributed by atoms with Crippen molar-refractivity contribution in [3.8, 4) is 5.75 Å². The van der Waals surface area contributed by atoms with Crippen molar-refractivity contribution in [3.63, 3.8) is 0 Å². The van der Waals surface area contributed by atoms with Crippen LogP contribution in [0.5, 0.6) is 5.75 Å². The van der Waals surface area contributed by atoms with Crippen LogP contribution in [0, 0.1) is 0 Å². The molecule has 0 aliphatic carbocycles. The molecule has 0 spiro atoms. The average molecular weight is 441 g/mol. The molecule has 0 aliphatic heterocycles. The molecule has 0 unspecified atom stereocenters. The van der Waals surface area contributed by atoms with Crippen LogP contribution < -0.4 is 20.7 Å². The van der Waals surface area contributed by atoms with E-state index in [1.165, 1.54) is 12.4 Å². The number of hydrogen-bond acceptors (Lipinski definition) is 5. The predicted octanol–water partition coefficient (Wildman–Crippen LogP) is 2.08. The summed E-state index contributed by atoms with van der Waals surface area (Å²) in [6.07, 6.45) is 2.42. The van der Waals surface area contributed by atoms with E-state index in [1.54, 1.807) is 31.4 Å². The number of carboxylic acid groups (broad SMARTS) is 1. The summed E-state index contributed by atoms with van der Waals surface area (Å²) in [4.78, 5) is 39.4. The first kappa shape index (κ1) is 22.3. The van der Waals surface area contributed by atoms with Crippen LogP contribution >= 0.6 is 23.2 Å². The van der Waals surface area contributed by atoms with Crippen LogP contribution in [0.4, 0.5) is 4.79 Å². The summed E-state index contributed by atoms with van der Waals surface area (Å²) >= 11 is 11.8. The second-order valence-corrected chi connectivity index (χ2v) is 6.57. The number of nitrogens with zero attached hydrogens (tertiary/aromatic N) is 1. The van der Waals surface area contributed by atoms with Crippen molar-refractivity contribution < 1.29 is 24.2 Å². The number of hydrogen-bond donors (Lipinski definition) is 4. The number of ether oxygens (including phenoxy) is 1. The van der Waals surface area contributed by atoms with Crippen LogP contribution in [-0.2, 0) is 11.3 Å². The van der Waals surface area contributed by atoms with Crippen molar-refractivity contribution >= 4 is 41.1 Å². The molecule has 0 bridgehead atoms. The fraction of sp³-hybridized carbons (Fsp3) is 0.222. The molecule has 4 N–H and O–H groups in total. The van der Waals surface area contributed by atoms with Gasteiger partial charge in [-0.15, -0.1) is 0 Å². The van der Waals surface area contributed by atoms with E-state index >= 15 is 0 Å². The molecule has 11 heteroatoms. The lowest BCUT2D eigenvalue weighted by Gasteiger charge is -2.16. The van der Waals surface area contributed by atoms with E-state index in [0.717, 1.165) is 5.56 Å². The molecule has 0 aliphatic rings. The van der Waals surface area contributed by atoms with Crippen LogP contribution in [0.1, 0.15) is 15.9 Å². The maximum atomic E-state index is 12.3. The number of methoxy groups -OCH3 is 1. The summed E-state index contributed by atoms with van der Waals surface area (Å²) in [6, 6.07) is 5.07. The molecule has 2 aromatic rings. The Morgan fingerprint density at radius 2 is 1.72 bits per heavy atom. The van der Waals surface area contributed by atoms with Gasteiger partial charge >= 0.3 is 12.0 Å². The second-order valence-electron chi connectivity index (χ2n) is 5.75. The number of aromatic nitrogens is 1. The maximum Gasteiger partial charge on any atom is 0.328 e. The molecular weight excluding hydrogens is 423 g/mol. The number of carboxylic acids is 1. The molecule has 0 radical (unpaired) electrons. The van der Waals surface area contributed by atoms with Crippen molar-refractivity contribution in [1.29, 1.82) is 0 Å². The molecule has 3 amide bonds. The molecule has 0 saturated carbocycles. The molecule has 1 heterocycles. The van der Waals surface area contributed by atoms with Crippen molar-refractivity contribution in [3.05, 3.63) is 57.8 Å². The first-order valence-electron chi connectivity index (χ1n) is 8.29. The van der Waals surface area contributed by atoms with E-state index in [-0.39, 0.29) is 28.7 Å². The van der Waals surface area contributed by atoms with Crippen LogP contribution in [0.25, 0.3) is 0 Å². The fourth-order valence-electron chi connectivity index (χ4n) is 2.24. The minimum Gasteiger partial charge on any atom is -0.497 e. The third-order valence-electron chi connectivity index (χ3n) is 3.76. The van der Waals surface area contributed by atoms with Gasteiger partial charge < -0.3 is 25.8 Å². The fourth-order valence-corrected chi connectivity index (χ4v) is 2.78. The maximum absolute atomic E-state index is 12.3. The van der Waals surface area contributed by atoms with Crippen LogP contribution in [0.2, 0.25) is 10.0 Å². The average Bonchev–Trinajstić information content (AvgIpc) is 2.69. The van der Waals surface area contributed by atoms with E-state index in [2.05, 4.69) is 20.9 Å². The number of nitrogens with one attached hydrogen (secondary N) is 3. The second kappa shape index (κ2) is 10.5. The topological polar surface area (TPSA) is 130 Å². The summed E-state index contributed by atoms with van der Waals surface area (Å²) in [5, 5.41) is 16.5. The summed E-state index contributed by atoms with van der Waals surface area (Å²) < 4.78 is 5.05. The zero-order chi connectivity index (χ0) is 21.4. The summed E-state index contributed by atoms with van der Waals surface area (Å²) in [5.74, 6) is -1.45. The van der Waals surface area contributed by atoms with Gasteiger partial charge in [-0.3, -0.25) is 9.78 Å². The van der Waals surface area contributed by atoms with Gasteiger partial charge in [0.05, 0.1) is 29.3 Å². The highest BCUT2D eigenvalue weighted by Crippen LogP contribution is 2.22. The van der Waals surface area contributed by atoms with Gasteiger partial charge in [0, 0.05) is 18.9 Å². The molecule has 154 valence electrons. The van der Waals surface area contributed by atoms with Gasteiger partial charge in [0.15, 0.2) is 0 Å². The highest BCUT2D eigenvalue weighted by molar-refractivity contribution is 6.39. The van der Waals surface area contributed by atoms with Gasteiger partial charge in [-0.1, -0.05) is 35.3 Å². The Kier molecular flexibility index (Phi) is 8.05. The number of carbonyl (C=O) groups is 3. The summed E-state index contributed by atoms with van der Waals surface area (Å²) in [6.45, 7) is -0.127. The van der Waals surface area contributed by atoms with Crippen LogP contribution in [-0.4, -0.2) is 47.7 Å². The van der Waals surface area contributed by atoms with E-state index in [4.69, 9.17) is 27.9 Å². The molecule has 1 aromatic carbocycles. The number of benzene rings is 1. The Morgan fingerprint density at radius 1 is 1.10 bits per heavy atom. The number of halogens is 2. The van der Waals surface area contributed by atoms with Crippen LogP contribution in [0.3, 0.4) is 0 Å². The first-order chi connectivity index (χ1) is 13.8. The summed E-state index contributed by atoms with van der Waals surface area (Å²) in [7, 11) is 1.55. The number of carbonyl (C=O) groups excluding carboxylic acids is 2. The van der Waals surface area contributed by atoms with Crippen molar-refractivity contribution in [1.82, 2.24) is 20.9 Å².